The highest BCUT2D eigenvalue weighted by molar-refractivity contribution is 6.31. The van der Waals surface area contributed by atoms with E-state index in [1.54, 1.807) is 36.7 Å². The number of nitriles is 1. The third-order valence-corrected chi connectivity index (χ3v) is 3.50. The van der Waals surface area contributed by atoms with Crippen LogP contribution in [0, 0.1) is 18.3 Å². The number of rotatable bonds is 4. The smallest absolute Gasteiger partial charge is 0.266 e. The van der Waals surface area contributed by atoms with E-state index in [1.807, 2.05) is 13.0 Å². The molecule has 2 rings (SSSR count). The van der Waals surface area contributed by atoms with Crippen LogP contribution in [0.15, 0.2) is 42.2 Å². The second-order valence-electron chi connectivity index (χ2n) is 4.71. The number of methoxy groups -OCH3 is 1. The summed E-state index contributed by atoms with van der Waals surface area (Å²) >= 11 is 6.03. The first-order chi connectivity index (χ1) is 11.0. The summed E-state index contributed by atoms with van der Waals surface area (Å²) in [5.74, 6) is -0.107. The van der Waals surface area contributed by atoms with E-state index in [4.69, 9.17) is 16.3 Å². The Morgan fingerprint density at radius 1 is 1.48 bits per heavy atom. The van der Waals surface area contributed by atoms with Crippen molar-refractivity contribution in [1.82, 2.24) is 4.98 Å². The summed E-state index contributed by atoms with van der Waals surface area (Å²) in [5, 5.41) is 12.4. The van der Waals surface area contributed by atoms with Crippen molar-refractivity contribution in [2.24, 2.45) is 0 Å². The molecule has 0 aliphatic carbocycles. The van der Waals surface area contributed by atoms with Gasteiger partial charge in [0.15, 0.2) is 0 Å². The summed E-state index contributed by atoms with van der Waals surface area (Å²) in [7, 11) is 1.48. The van der Waals surface area contributed by atoms with E-state index in [9.17, 15) is 10.1 Å². The van der Waals surface area contributed by atoms with Crippen molar-refractivity contribution < 1.29 is 9.53 Å². The highest BCUT2D eigenvalue weighted by Gasteiger charge is 2.14. The van der Waals surface area contributed by atoms with Gasteiger partial charge in [0.05, 0.1) is 12.8 Å². The van der Waals surface area contributed by atoms with E-state index in [0.717, 1.165) is 5.56 Å². The minimum atomic E-state index is -0.531. The highest BCUT2D eigenvalue weighted by atomic mass is 35.5. The number of hydrogen-bond acceptors (Lipinski definition) is 4. The molecule has 2 aromatic rings. The SMILES string of the molecule is COc1cc(Cl)c(C)cc1NC(=O)C(C#N)=Cc1cccnc1. The number of ether oxygens (including phenoxy) is 1. The van der Waals surface area contributed by atoms with Crippen molar-refractivity contribution >= 4 is 29.3 Å². The van der Waals surface area contributed by atoms with Gasteiger partial charge in [0, 0.05) is 23.5 Å². The van der Waals surface area contributed by atoms with Crippen LogP contribution in [0.25, 0.3) is 6.08 Å². The molecule has 0 unspecified atom stereocenters. The zero-order valence-electron chi connectivity index (χ0n) is 12.6. The standard InChI is InChI=1S/C17H14ClN3O2/c1-11-6-15(16(23-2)8-14(11)18)21-17(22)13(9-19)7-12-4-3-5-20-10-12/h3-8,10H,1-2H3,(H,21,22). The number of aromatic nitrogens is 1. The quantitative estimate of drug-likeness (QED) is 0.687. The van der Waals surface area contributed by atoms with Gasteiger partial charge >= 0.3 is 0 Å². The van der Waals surface area contributed by atoms with Gasteiger partial charge in [0.1, 0.15) is 17.4 Å². The van der Waals surface area contributed by atoms with Gasteiger partial charge in [-0.2, -0.15) is 5.26 Å². The molecule has 0 radical (unpaired) electrons. The molecule has 0 fully saturated rings. The van der Waals surface area contributed by atoms with E-state index in [0.29, 0.717) is 22.0 Å². The van der Waals surface area contributed by atoms with Crippen LogP contribution in [0.5, 0.6) is 5.75 Å². The maximum atomic E-state index is 12.3. The maximum absolute atomic E-state index is 12.3. The molecule has 5 nitrogen and oxygen atoms in total. The molecule has 0 bridgehead atoms. The number of benzene rings is 1. The van der Waals surface area contributed by atoms with Gasteiger partial charge in [0.25, 0.3) is 5.91 Å². The van der Waals surface area contributed by atoms with Gasteiger partial charge in [-0.15, -0.1) is 0 Å². The van der Waals surface area contributed by atoms with Gasteiger partial charge in [-0.05, 0) is 36.3 Å². The van der Waals surface area contributed by atoms with Crippen molar-refractivity contribution in [3.63, 3.8) is 0 Å². The minimum absolute atomic E-state index is 0.0346. The number of hydrogen-bond donors (Lipinski definition) is 1. The Morgan fingerprint density at radius 3 is 2.87 bits per heavy atom. The number of nitrogens with zero attached hydrogens (tertiary/aromatic N) is 2. The Labute approximate surface area is 139 Å². The summed E-state index contributed by atoms with van der Waals surface area (Å²) in [4.78, 5) is 16.2. The normalized spacial score (nSPS) is 10.8. The third kappa shape index (κ3) is 4.09. The van der Waals surface area contributed by atoms with Gasteiger partial charge in [0.2, 0.25) is 0 Å². The summed E-state index contributed by atoms with van der Waals surface area (Å²) in [6.07, 6.45) is 4.65. The second-order valence-corrected chi connectivity index (χ2v) is 5.12. The van der Waals surface area contributed by atoms with Gasteiger partial charge in [-0.25, -0.2) is 0 Å². The van der Waals surface area contributed by atoms with Crippen LogP contribution in [-0.2, 0) is 4.79 Å². The molecule has 0 aliphatic heterocycles. The van der Waals surface area contributed by atoms with Crippen LogP contribution in [0.2, 0.25) is 5.02 Å². The predicted molar refractivity (Wildman–Crippen MR) is 89.2 cm³/mol. The van der Waals surface area contributed by atoms with E-state index >= 15 is 0 Å². The molecule has 1 N–H and O–H groups in total. The summed E-state index contributed by atoms with van der Waals surface area (Å²) in [6, 6.07) is 8.68. The molecule has 0 aliphatic rings. The fraction of sp³-hybridized carbons (Fsp3) is 0.118. The molecule has 1 amide bonds. The first-order valence-corrected chi connectivity index (χ1v) is 7.10. The fourth-order valence-corrected chi connectivity index (χ4v) is 2.05. The zero-order valence-corrected chi connectivity index (χ0v) is 13.4. The Hall–Kier alpha value is -2.84. The first kappa shape index (κ1) is 16.5. The van der Waals surface area contributed by atoms with Gasteiger partial charge in [-0.1, -0.05) is 17.7 Å². The van der Waals surface area contributed by atoms with Crippen molar-refractivity contribution in [1.29, 1.82) is 5.26 Å². The van der Waals surface area contributed by atoms with Crippen molar-refractivity contribution in [2.45, 2.75) is 6.92 Å². The maximum Gasteiger partial charge on any atom is 0.266 e. The van der Waals surface area contributed by atoms with Crippen LogP contribution < -0.4 is 10.1 Å². The Balaban J connectivity index is 2.29. The lowest BCUT2D eigenvalue weighted by Gasteiger charge is -2.12. The molecule has 0 saturated heterocycles. The molecule has 0 saturated carbocycles. The average molecular weight is 328 g/mol. The largest absolute Gasteiger partial charge is 0.495 e. The monoisotopic (exact) mass is 327 g/mol. The molecule has 0 atom stereocenters. The van der Waals surface area contributed by atoms with Crippen molar-refractivity contribution in [3.05, 3.63) is 58.4 Å². The number of anilines is 1. The van der Waals surface area contributed by atoms with Crippen LogP contribution in [0.4, 0.5) is 5.69 Å². The Kier molecular flexibility index (Phi) is 5.34. The van der Waals surface area contributed by atoms with Gasteiger partial charge in [-0.3, -0.25) is 9.78 Å². The second kappa shape index (κ2) is 7.43. The molecule has 1 aromatic heterocycles. The van der Waals surface area contributed by atoms with Crippen molar-refractivity contribution in [3.8, 4) is 11.8 Å². The summed E-state index contributed by atoms with van der Waals surface area (Å²) in [6.45, 7) is 1.81. The van der Waals surface area contributed by atoms with E-state index < -0.39 is 5.91 Å². The minimum Gasteiger partial charge on any atom is -0.495 e. The third-order valence-electron chi connectivity index (χ3n) is 3.09. The molecule has 1 heterocycles. The van der Waals surface area contributed by atoms with Crippen LogP contribution in [-0.4, -0.2) is 18.0 Å². The lowest BCUT2D eigenvalue weighted by Crippen LogP contribution is -2.14. The topological polar surface area (TPSA) is 75.0 Å². The summed E-state index contributed by atoms with van der Waals surface area (Å²) in [5.41, 5.74) is 1.87. The molecular weight excluding hydrogens is 314 g/mol. The van der Waals surface area contributed by atoms with E-state index in [1.165, 1.54) is 13.2 Å². The highest BCUT2D eigenvalue weighted by Crippen LogP contribution is 2.31. The lowest BCUT2D eigenvalue weighted by molar-refractivity contribution is -0.112. The number of nitrogens with one attached hydrogen (secondary N) is 1. The van der Waals surface area contributed by atoms with Crippen molar-refractivity contribution in [2.75, 3.05) is 12.4 Å². The molecule has 116 valence electrons. The molecule has 23 heavy (non-hydrogen) atoms. The molecule has 0 spiro atoms. The molecular formula is C17H14ClN3O2. The van der Waals surface area contributed by atoms with Gasteiger partial charge < -0.3 is 10.1 Å². The summed E-state index contributed by atoms with van der Waals surface area (Å²) < 4.78 is 5.20. The average Bonchev–Trinajstić information content (AvgIpc) is 2.56. The number of aryl methyl sites for hydroxylation is 1. The van der Waals surface area contributed by atoms with Crippen LogP contribution in [0.1, 0.15) is 11.1 Å². The molecule has 6 heteroatoms. The first-order valence-electron chi connectivity index (χ1n) is 6.72. The number of amides is 1. The van der Waals surface area contributed by atoms with E-state index in [-0.39, 0.29) is 5.57 Å². The number of carbonyl (C=O) groups is 1. The number of halogens is 1. The number of pyridine rings is 1. The predicted octanol–water partition coefficient (Wildman–Crippen LogP) is 3.60. The number of carbonyl (C=O) groups excluding carboxylic acids is 1. The molecule has 1 aromatic carbocycles. The Morgan fingerprint density at radius 2 is 2.26 bits per heavy atom. The lowest BCUT2D eigenvalue weighted by atomic mass is 10.1. The Bertz CT molecular complexity index is 795. The fourth-order valence-electron chi connectivity index (χ4n) is 1.90. The van der Waals surface area contributed by atoms with E-state index in [2.05, 4.69) is 10.3 Å². The van der Waals surface area contributed by atoms with Crippen LogP contribution in [0.3, 0.4) is 0 Å². The van der Waals surface area contributed by atoms with Crippen LogP contribution >= 0.6 is 11.6 Å². The zero-order chi connectivity index (χ0) is 16.8.